The van der Waals surface area contributed by atoms with Gasteiger partial charge in [0, 0.05) is 41.4 Å². The second kappa shape index (κ2) is 12.2. The average Bonchev–Trinajstić information content (AvgIpc) is 3.21. The van der Waals surface area contributed by atoms with Crippen molar-refractivity contribution in [2.75, 3.05) is 4.90 Å². The standard InChI is InChI=1S/C29H32F4N4O4S/c1-15(2)37(26(38)19-7-5-16(3)6-8-19)23-11-22(30)24(10-20(23)27(39)40)41-25-21(29(31,32)33)9-18(12-35-25)14-36-13-17(4)42-28(36)34/h9-13,15-16,19,34H,5-8,14H2,1-4H3,(H,39,40). The van der Waals surface area contributed by atoms with Crippen LogP contribution in [0.3, 0.4) is 0 Å². The van der Waals surface area contributed by atoms with E-state index in [9.17, 15) is 27.9 Å². The van der Waals surface area contributed by atoms with Gasteiger partial charge in [0.05, 0.1) is 17.8 Å². The minimum absolute atomic E-state index is 0.0509. The number of aromatic nitrogens is 2. The van der Waals surface area contributed by atoms with E-state index >= 15 is 4.39 Å². The number of nitrogens with one attached hydrogen (secondary N) is 1. The number of anilines is 1. The lowest BCUT2D eigenvalue weighted by Crippen LogP contribution is -2.43. The summed E-state index contributed by atoms with van der Waals surface area (Å²) >= 11 is 1.17. The molecule has 1 amide bonds. The number of hydrogen-bond acceptors (Lipinski definition) is 6. The van der Waals surface area contributed by atoms with Gasteiger partial charge in [-0.2, -0.15) is 13.2 Å². The molecular weight excluding hydrogens is 576 g/mol. The lowest BCUT2D eigenvalue weighted by molar-refractivity contribution is -0.139. The van der Waals surface area contributed by atoms with Gasteiger partial charge in [-0.05, 0) is 64.0 Å². The second-order valence-corrected chi connectivity index (χ2v) is 12.2. The van der Waals surface area contributed by atoms with Crippen molar-refractivity contribution in [1.29, 1.82) is 5.41 Å². The maximum atomic E-state index is 15.4. The molecule has 42 heavy (non-hydrogen) atoms. The van der Waals surface area contributed by atoms with Gasteiger partial charge in [-0.25, -0.2) is 14.2 Å². The Kier molecular flexibility index (Phi) is 9.09. The molecule has 1 aliphatic carbocycles. The van der Waals surface area contributed by atoms with Gasteiger partial charge >= 0.3 is 12.1 Å². The fraction of sp³-hybridized carbons (Fsp3) is 0.448. The van der Waals surface area contributed by atoms with Crippen molar-refractivity contribution >= 4 is 28.9 Å². The Morgan fingerprint density at radius 2 is 1.88 bits per heavy atom. The van der Waals surface area contributed by atoms with Crippen LogP contribution in [0.15, 0.2) is 30.6 Å². The van der Waals surface area contributed by atoms with Crippen molar-refractivity contribution in [3.05, 3.63) is 62.8 Å². The topological polar surface area (TPSA) is 109 Å². The number of nitrogens with zero attached hydrogens (tertiary/aromatic N) is 3. The van der Waals surface area contributed by atoms with E-state index in [1.54, 1.807) is 27.0 Å². The molecule has 2 heterocycles. The number of aryl methyl sites for hydroxylation is 1. The van der Waals surface area contributed by atoms with Crippen LogP contribution in [-0.4, -0.2) is 32.6 Å². The second-order valence-electron chi connectivity index (χ2n) is 10.9. The number of carboxylic acid groups (broad SMARTS) is 1. The highest BCUT2D eigenvalue weighted by atomic mass is 32.1. The predicted molar refractivity (Wildman–Crippen MR) is 148 cm³/mol. The maximum absolute atomic E-state index is 15.4. The van der Waals surface area contributed by atoms with E-state index in [-0.39, 0.29) is 34.4 Å². The SMILES string of the molecule is Cc1cn(Cc2cnc(Oc3cc(C(=O)O)c(N(C(=O)C4CCC(C)CC4)C(C)C)cc3F)c(C(F)(F)F)c2)c(=N)s1. The number of carbonyl (C=O) groups excluding carboxylic acids is 1. The van der Waals surface area contributed by atoms with Crippen LogP contribution in [0, 0.1) is 30.0 Å². The molecule has 1 fully saturated rings. The molecule has 3 aromatic rings. The van der Waals surface area contributed by atoms with Crippen LogP contribution in [-0.2, 0) is 17.5 Å². The fourth-order valence-corrected chi connectivity index (χ4v) is 5.87. The van der Waals surface area contributed by atoms with E-state index in [1.807, 2.05) is 0 Å². The molecule has 0 unspecified atom stereocenters. The first-order valence-electron chi connectivity index (χ1n) is 13.5. The summed E-state index contributed by atoms with van der Waals surface area (Å²) in [5.41, 5.74) is -1.84. The quantitative estimate of drug-likeness (QED) is 0.268. The van der Waals surface area contributed by atoms with Gasteiger partial charge < -0.3 is 19.3 Å². The third kappa shape index (κ3) is 6.83. The third-order valence-corrected chi connectivity index (χ3v) is 8.14. The molecule has 4 rings (SSSR count). The summed E-state index contributed by atoms with van der Waals surface area (Å²) in [5, 5.41) is 17.9. The van der Waals surface area contributed by atoms with Crippen LogP contribution in [0.5, 0.6) is 11.6 Å². The molecule has 2 aromatic heterocycles. The van der Waals surface area contributed by atoms with Crippen molar-refractivity contribution in [2.45, 2.75) is 72.1 Å². The first kappa shape index (κ1) is 31.2. The van der Waals surface area contributed by atoms with Crippen LogP contribution in [0.4, 0.5) is 23.2 Å². The summed E-state index contributed by atoms with van der Waals surface area (Å²) in [5.74, 6) is -4.57. The molecule has 13 heteroatoms. The summed E-state index contributed by atoms with van der Waals surface area (Å²) in [4.78, 5) is 31.7. The number of halogens is 4. The van der Waals surface area contributed by atoms with E-state index in [0.717, 1.165) is 42.1 Å². The molecule has 1 saturated carbocycles. The number of alkyl halides is 3. The van der Waals surface area contributed by atoms with Crippen molar-refractivity contribution in [2.24, 2.45) is 11.8 Å². The van der Waals surface area contributed by atoms with E-state index in [0.29, 0.717) is 18.8 Å². The van der Waals surface area contributed by atoms with Gasteiger partial charge in [-0.15, -0.1) is 11.3 Å². The molecule has 0 aliphatic heterocycles. The molecule has 0 saturated heterocycles. The van der Waals surface area contributed by atoms with Crippen LogP contribution >= 0.6 is 11.3 Å². The number of thiazole rings is 1. The Hall–Kier alpha value is -3.74. The number of benzene rings is 1. The summed E-state index contributed by atoms with van der Waals surface area (Å²) in [7, 11) is 0. The summed E-state index contributed by atoms with van der Waals surface area (Å²) in [6.45, 7) is 7.18. The minimum atomic E-state index is -4.93. The molecule has 1 aliphatic rings. The summed E-state index contributed by atoms with van der Waals surface area (Å²) in [6, 6.07) is 1.89. The predicted octanol–water partition coefficient (Wildman–Crippen LogP) is 7.00. The van der Waals surface area contributed by atoms with Crippen LogP contribution in [0.25, 0.3) is 0 Å². The molecular formula is C29H32F4N4O4S. The number of pyridine rings is 1. The van der Waals surface area contributed by atoms with Gasteiger partial charge in [0.25, 0.3) is 0 Å². The van der Waals surface area contributed by atoms with E-state index < -0.39 is 46.8 Å². The average molecular weight is 609 g/mol. The number of carbonyl (C=O) groups is 2. The van der Waals surface area contributed by atoms with Crippen molar-refractivity contribution in [3.63, 3.8) is 0 Å². The number of rotatable bonds is 8. The lowest BCUT2D eigenvalue weighted by Gasteiger charge is -2.34. The zero-order chi connectivity index (χ0) is 30.9. The Labute approximate surface area is 244 Å². The van der Waals surface area contributed by atoms with Crippen LogP contribution in [0.2, 0.25) is 0 Å². The first-order valence-corrected chi connectivity index (χ1v) is 14.3. The molecule has 226 valence electrons. The van der Waals surface area contributed by atoms with Gasteiger partial charge in [0.2, 0.25) is 11.8 Å². The molecule has 1 aromatic carbocycles. The molecule has 0 atom stereocenters. The summed E-state index contributed by atoms with van der Waals surface area (Å²) in [6.07, 6.45) is 0.780. The number of amides is 1. The first-order chi connectivity index (χ1) is 19.6. The summed E-state index contributed by atoms with van der Waals surface area (Å²) < 4.78 is 64.2. The zero-order valence-electron chi connectivity index (χ0n) is 23.6. The highest BCUT2D eigenvalue weighted by molar-refractivity contribution is 7.09. The lowest BCUT2D eigenvalue weighted by atomic mass is 9.82. The van der Waals surface area contributed by atoms with Crippen LogP contribution < -0.4 is 14.4 Å². The van der Waals surface area contributed by atoms with E-state index in [2.05, 4.69) is 11.9 Å². The number of ether oxygens (including phenoxy) is 1. The molecule has 0 radical (unpaired) electrons. The molecule has 8 nitrogen and oxygen atoms in total. The number of aromatic carboxylic acids is 1. The Morgan fingerprint density at radius 3 is 2.43 bits per heavy atom. The van der Waals surface area contributed by atoms with Crippen molar-refractivity contribution < 1.29 is 37.0 Å². The van der Waals surface area contributed by atoms with Gasteiger partial charge in [0.15, 0.2) is 16.4 Å². The van der Waals surface area contributed by atoms with Gasteiger partial charge in [-0.1, -0.05) is 6.92 Å². The van der Waals surface area contributed by atoms with Gasteiger partial charge in [-0.3, -0.25) is 10.2 Å². The smallest absolute Gasteiger partial charge is 0.421 e. The molecule has 0 spiro atoms. The van der Waals surface area contributed by atoms with Gasteiger partial charge in [0.1, 0.15) is 5.56 Å². The Morgan fingerprint density at radius 1 is 1.21 bits per heavy atom. The Balaban J connectivity index is 1.70. The third-order valence-electron chi connectivity index (χ3n) is 7.29. The van der Waals surface area contributed by atoms with Crippen molar-refractivity contribution in [1.82, 2.24) is 9.55 Å². The van der Waals surface area contributed by atoms with Crippen molar-refractivity contribution in [3.8, 4) is 11.6 Å². The largest absolute Gasteiger partial charge is 0.478 e. The van der Waals surface area contributed by atoms with E-state index in [4.69, 9.17) is 10.1 Å². The van der Waals surface area contributed by atoms with E-state index in [1.165, 1.54) is 20.8 Å². The Bertz CT molecular complexity index is 1540. The number of hydrogen-bond donors (Lipinski definition) is 2. The highest BCUT2D eigenvalue weighted by Crippen LogP contribution is 2.40. The normalized spacial score (nSPS) is 17.4. The fourth-order valence-electron chi connectivity index (χ4n) is 5.15. The maximum Gasteiger partial charge on any atom is 0.421 e. The zero-order valence-corrected chi connectivity index (χ0v) is 24.4. The highest BCUT2D eigenvalue weighted by Gasteiger charge is 2.37. The number of carboxylic acids is 1. The minimum Gasteiger partial charge on any atom is -0.478 e. The molecule has 0 bridgehead atoms. The monoisotopic (exact) mass is 608 g/mol. The van der Waals surface area contributed by atoms with Crippen LogP contribution in [0.1, 0.15) is 72.8 Å². The molecule has 2 N–H and O–H groups in total.